The highest BCUT2D eigenvalue weighted by atomic mass is 35.5. The van der Waals surface area contributed by atoms with E-state index in [4.69, 9.17) is 34.8 Å². The fourth-order valence-corrected chi connectivity index (χ4v) is 6.50. The average Bonchev–Trinajstić information content (AvgIpc) is 2.41. The van der Waals surface area contributed by atoms with E-state index < -0.39 is 0 Å². The molecule has 4 aliphatic rings. The number of hydrogen-bond donors (Lipinski definition) is 0. The van der Waals surface area contributed by atoms with Gasteiger partial charge in [-0.15, -0.1) is 11.6 Å². The quantitative estimate of drug-likeness (QED) is 0.572. The number of hydrogen-bond acceptors (Lipinski definition) is 0. The van der Waals surface area contributed by atoms with Crippen LogP contribution in [0.2, 0.25) is 10.0 Å². The lowest BCUT2D eigenvalue weighted by atomic mass is 9.51. The van der Waals surface area contributed by atoms with Crippen molar-refractivity contribution in [1.29, 1.82) is 0 Å². The highest BCUT2D eigenvalue weighted by Crippen LogP contribution is 2.58. The second-order valence-electron chi connectivity index (χ2n) is 7.48. The molecular weight excluding hydrogens is 323 g/mol. The molecule has 0 aliphatic heterocycles. The number of alkyl halides is 1. The molecule has 0 spiro atoms. The normalized spacial score (nSPS) is 38.7. The third-order valence-electron chi connectivity index (χ3n) is 6.13. The average molecular weight is 344 g/mol. The third-order valence-corrected chi connectivity index (χ3v) is 7.32. The zero-order chi connectivity index (χ0) is 14.6. The van der Waals surface area contributed by atoms with Gasteiger partial charge in [0.2, 0.25) is 0 Å². The molecule has 114 valence electrons. The standard InChI is InChI=1S/C18H21Cl3/c19-15-2-1-10(8-16(15)20)9-17(21)18-13-4-11-3-12(6-13)7-14(18)5-11/h1-2,8,11-14,17-18H,3-7,9H2. The minimum absolute atomic E-state index is 0.247. The molecule has 0 amide bonds. The van der Waals surface area contributed by atoms with Crippen LogP contribution >= 0.6 is 34.8 Å². The Morgan fingerprint density at radius 1 is 0.905 bits per heavy atom. The van der Waals surface area contributed by atoms with Gasteiger partial charge in [-0.2, -0.15) is 0 Å². The minimum Gasteiger partial charge on any atom is -0.122 e. The SMILES string of the molecule is Clc1ccc(CC(Cl)C2C3CC4CC(C3)CC2C4)cc1Cl. The monoisotopic (exact) mass is 342 g/mol. The molecule has 21 heavy (non-hydrogen) atoms. The van der Waals surface area contributed by atoms with Crippen LogP contribution in [0.1, 0.15) is 37.7 Å². The van der Waals surface area contributed by atoms with Gasteiger partial charge in [-0.25, -0.2) is 0 Å². The van der Waals surface area contributed by atoms with Crippen LogP contribution in [0, 0.1) is 29.6 Å². The lowest BCUT2D eigenvalue weighted by molar-refractivity contribution is -0.0376. The predicted octanol–water partition coefficient (Wildman–Crippen LogP) is 6.22. The second-order valence-corrected chi connectivity index (χ2v) is 8.85. The molecule has 0 saturated heterocycles. The molecule has 5 rings (SSSR count). The molecule has 1 aromatic rings. The van der Waals surface area contributed by atoms with Gasteiger partial charge in [-0.1, -0.05) is 29.3 Å². The van der Waals surface area contributed by atoms with Crippen molar-refractivity contribution in [2.45, 2.75) is 43.9 Å². The zero-order valence-corrected chi connectivity index (χ0v) is 14.3. The Morgan fingerprint density at radius 2 is 1.52 bits per heavy atom. The smallest absolute Gasteiger partial charge is 0.0595 e. The van der Waals surface area contributed by atoms with E-state index in [0.717, 1.165) is 30.1 Å². The van der Waals surface area contributed by atoms with Gasteiger partial charge in [0.25, 0.3) is 0 Å². The zero-order valence-electron chi connectivity index (χ0n) is 12.1. The molecule has 0 radical (unpaired) electrons. The molecule has 4 fully saturated rings. The topological polar surface area (TPSA) is 0 Å². The van der Waals surface area contributed by atoms with Gasteiger partial charge in [0.05, 0.1) is 10.0 Å². The van der Waals surface area contributed by atoms with Gasteiger partial charge in [0, 0.05) is 5.38 Å². The molecular formula is C18H21Cl3. The molecule has 1 unspecified atom stereocenters. The molecule has 0 nitrogen and oxygen atoms in total. The summed E-state index contributed by atoms with van der Waals surface area (Å²) in [6.07, 6.45) is 8.15. The van der Waals surface area contributed by atoms with Crippen molar-refractivity contribution >= 4 is 34.8 Å². The van der Waals surface area contributed by atoms with Crippen molar-refractivity contribution in [3.63, 3.8) is 0 Å². The highest BCUT2D eigenvalue weighted by molar-refractivity contribution is 6.42. The van der Waals surface area contributed by atoms with Crippen LogP contribution < -0.4 is 0 Å². The van der Waals surface area contributed by atoms with Gasteiger partial charge in [-0.3, -0.25) is 0 Å². The Morgan fingerprint density at radius 3 is 2.10 bits per heavy atom. The molecule has 0 aromatic heterocycles. The molecule has 0 N–H and O–H groups in total. The van der Waals surface area contributed by atoms with Crippen LogP contribution in [0.4, 0.5) is 0 Å². The Bertz CT molecular complexity index is 511. The third kappa shape index (κ3) is 2.73. The highest BCUT2D eigenvalue weighted by Gasteiger charge is 2.50. The van der Waals surface area contributed by atoms with E-state index in [1.54, 1.807) is 0 Å². The lowest BCUT2D eigenvalue weighted by Crippen LogP contribution is -2.48. The number of benzene rings is 1. The van der Waals surface area contributed by atoms with Crippen LogP contribution in [0.25, 0.3) is 0 Å². The summed E-state index contributed by atoms with van der Waals surface area (Å²) in [4.78, 5) is 0. The van der Waals surface area contributed by atoms with Gasteiger partial charge in [0.15, 0.2) is 0 Å². The van der Waals surface area contributed by atoms with Crippen LogP contribution in [0.3, 0.4) is 0 Å². The van der Waals surface area contributed by atoms with E-state index in [-0.39, 0.29) is 5.38 Å². The van der Waals surface area contributed by atoms with Crippen molar-refractivity contribution in [3.8, 4) is 0 Å². The summed E-state index contributed by atoms with van der Waals surface area (Å²) in [6.45, 7) is 0. The summed E-state index contributed by atoms with van der Waals surface area (Å²) >= 11 is 19.0. The molecule has 1 atom stereocenters. The summed E-state index contributed by atoms with van der Waals surface area (Å²) in [5.74, 6) is 4.50. The van der Waals surface area contributed by atoms with Crippen LogP contribution in [-0.4, -0.2) is 5.38 Å². The molecule has 1 aromatic carbocycles. The molecule has 0 heterocycles. The summed E-state index contributed by atoms with van der Waals surface area (Å²) < 4.78 is 0. The van der Waals surface area contributed by atoms with E-state index in [2.05, 4.69) is 6.07 Å². The Labute approximate surface area is 142 Å². The molecule has 3 heteroatoms. The van der Waals surface area contributed by atoms with E-state index in [1.807, 2.05) is 12.1 Å². The number of rotatable bonds is 3. The van der Waals surface area contributed by atoms with Gasteiger partial charge in [-0.05, 0) is 85.8 Å². The maximum Gasteiger partial charge on any atom is 0.0595 e. The largest absolute Gasteiger partial charge is 0.122 e. The van der Waals surface area contributed by atoms with Crippen LogP contribution in [0.5, 0.6) is 0 Å². The first-order valence-electron chi connectivity index (χ1n) is 8.18. The maximum atomic E-state index is 6.88. The number of halogens is 3. The van der Waals surface area contributed by atoms with Gasteiger partial charge < -0.3 is 0 Å². The summed E-state index contributed by atoms with van der Waals surface area (Å²) in [5, 5.41) is 1.52. The first kappa shape index (κ1) is 14.7. The van der Waals surface area contributed by atoms with Gasteiger partial charge in [0.1, 0.15) is 0 Å². The Hall–Kier alpha value is 0.0900. The van der Waals surface area contributed by atoms with Crippen molar-refractivity contribution in [2.75, 3.05) is 0 Å². The predicted molar refractivity (Wildman–Crippen MR) is 90.3 cm³/mol. The summed E-state index contributed by atoms with van der Waals surface area (Å²) in [7, 11) is 0. The molecule has 4 bridgehead atoms. The van der Waals surface area contributed by atoms with Crippen LogP contribution in [-0.2, 0) is 6.42 Å². The van der Waals surface area contributed by atoms with Crippen molar-refractivity contribution < 1.29 is 0 Å². The fraction of sp³-hybridized carbons (Fsp3) is 0.667. The van der Waals surface area contributed by atoms with E-state index >= 15 is 0 Å². The van der Waals surface area contributed by atoms with Crippen molar-refractivity contribution in [1.82, 2.24) is 0 Å². The van der Waals surface area contributed by atoms with E-state index in [1.165, 1.54) is 37.7 Å². The van der Waals surface area contributed by atoms with E-state index in [0.29, 0.717) is 16.0 Å². The lowest BCUT2D eigenvalue weighted by Gasteiger charge is -2.55. The van der Waals surface area contributed by atoms with Crippen molar-refractivity contribution in [2.24, 2.45) is 29.6 Å². The van der Waals surface area contributed by atoms with E-state index in [9.17, 15) is 0 Å². The Kier molecular flexibility index (Phi) is 3.93. The second kappa shape index (κ2) is 5.62. The first-order chi connectivity index (χ1) is 10.1. The first-order valence-corrected chi connectivity index (χ1v) is 9.37. The maximum absolute atomic E-state index is 6.88. The molecule has 4 aliphatic carbocycles. The summed E-state index contributed by atoms with van der Waals surface area (Å²) in [6, 6.07) is 5.94. The molecule has 4 saturated carbocycles. The van der Waals surface area contributed by atoms with Crippen LogP contribution in [0.15, 0.2) is 18.2 Å². The fourth-order valence-electron chi connectivity index (χ4n) is 5.59. The van der Waals surface area contributed by atoms with Crippen molar-refractivity contribution in [3.05, 3.63) is 33.8 Å². The minimum atomic E-state index is 0.247. The Balaban J connectivity index is 1.49. The van der Waals surface area contributed by atoms with Gasteiger partial charge >= 0.3 is 0 Å². The summed E-state index contributed by atoms with van der Waals surface area (Å²) in [5.41, 5.74) is 1.22.